The Bertz CT molecular complexity index is 449. The molecular weight excluding hydrogens is 304 g/mol. The zero-order chi connectivity index (χ0) is 17.7. The lowest BCUT2D eigenvalue weighted by atomic mass is 9.84. The lowest BCUT2D eigenvalue weighted by Gasteiger charge is -2.36. The van der Waals surface area contributed by atoms with E-state index in [2.05, 4.69) is 0 Å². The Kier molecular flexibility index (Phi) is 6.35. The van der Waals surface area contributed by atoms with Gasteiger partial charge in [-0.2, -0.15) is 0 Å². The van der Waals surface area contributed by atoms with Gasteiger partial charge in [0, 0.05) is 37.3 Å². The summed E-state index contributed by atoms with van der Waals surface area (Å²) in [5.74, 6) is -0.428. The standard InChI is InChI=1S/C15H26N2O6/c1-5-22-12(18)6-7-15(17(20)21)8-10-16(11-9-15)13(19)23-14(2,3)4/h5-11H2,1-4H3. The van der Waals surface area contributed by atoms with Crippen molar-refractivity contribution in [3.05, 3.63) is 10.1 Å². The number of hydrogen-bond acceptors (Lipinski definition) is 6. The molecule has 1 saturated heterocycles. The Morgan fingerprint density at radius 1 is 1.26 bits per heavy atom. The molecule has 0 radical (unpaired) electrons. The highest BCUT2D eigenvalue weighted by Gasteiger charge is 2.47. The number of amides is 1. The molecule has 0 aromatic rings. The van der Waals surface area contributed by atoms with E-state index >= 15 is 0 Å². The van der Waals surface area contributed by atoms with Gasteiger partial charge in [0.1, 0.15) is 5.60 Å². The summed E-state index contributed by atoms with van der Waals surface area (Å²) < 4.78 is 10.1. The average Bonchev–Trinajstić information content (AvgIpc) is 2.44. The second-order valence-electron chi connectivity index (χ2n) is 6.75. The van der Waals surface area contributed by atoms with Gasteiger partial charge in [0.25, 0.3) is 0 Å². The molecule has 1 aliphatic rings. The van der Waals surface area contributed by atoms with Gasteiger partial charge in [-0.05, 0) is 27.7 Å². The highest BCUT2D eigenvalue weighted by Crippen LogP contribution is 2.31. The van der Waals surface area contributed by atoms with Crippen molar-refractivity contribution in [3.63, 3.8) is 0 Å². The number of nitro groups is 1. The van der Waals surface area contributed by atoms with Crippen molar-refractivity contribution in [3.8, 4) is 0 Å². The summed E-state index contributed by atoms with van der Waals surface area (Å²) in [5.41, 5.74) is -1.77. The van der Waals surface area contributed by atoms with Crippen LogP contribution >= 0.6 is 0 Å². The van der Waals surface area contributed by atoms with Gasteiger partial charge in [0.2, 0.25) is 5.54 Å². The molecule has 1 aliphatic heterocycles. The molecule has 0 spiro atoms. The number of nitrogens with zero attached hydrogens (tertiary/aromatic N) is 2. The van der Waals surface area contributed by atoms with E-state index in [1.807, 2.05) is 0 Å². The number of esters is 1. The minimum absolute atomic E-state index is 0.0151. The first-order valence-electron chi connectivity index (χ1n) is 7.88. The van der Waals surface area contributed by atoms with Gasteiger partial charge in [0.05, 0.1) is 13.0 Å². The van der Waals surface area contributed by atoms with Crippen molar-refractivity contribution >= 4 is 12.1 Å². The van der Waals surface area contributed by atoms with Crippen molar-refractivity contribution in [1.29, 1.82) is 0 Å². The molecule has 132 valence electrons. The summed E-state index contributed by atoms with van der Waals surface area (Å²) >= 11 is 0. The lowest BCUT2D eigenvalue weighted by molar-refractivity contribution is -0.576. The predicted octanol–water partition coefficient (Wildman–Crippen LogP) is 2.38. The molecular formula is C15H26N2O6. The summed E-state index contributed by atoms with van der Waals surface area (Å²) in [7, 11) is 0. The number of piperidine rings is 1. The zero-order valence-corrected chi connectivity index (χ0v) is 14.3. The predicted molar refractivity (Wildman–Crippen MR) is 82.6 cm³/mol. The summed E-state index contributed by atoms with van der Waals surface area (Å²) in [6.07, 6.45) is 0.0966. The normalized spacial score (nSPS) is 17.5. The van der Waals surface area contributed by atoms with Crippen LogP contribution in [0.2, 0.25) is 0 Å². The monoisotopic (exact) mass is 330 g/mol. The van der Waals surface area contributed by atoms with Gasteiger partial charge < -0.3 is 14.4 Å². The average molecular weight is 330 g/mol. The van der Waals surface area contributed by atoms with E-state index in [4.69, 9.17) is 9.47 Å². The van der Waals surface area contributed by atoms with E-state index < -0.39 is 23.2 Å². The van der Waals surface area contributed by atoms with E-state index in [1.54, 1.807) is 27.7 Å². The van der Waals surface area contributed by atoms with E-state index in [9.17, 15) is 19.7 Å². The van der Waals surface area contributed by atoms with Gasteiger partial charge in [-0.3, -0.25) is 14.9 Å². The maximum atomic E-state index is 12.0. The number of hydrogen-bond donors (Lipinski definition) is 0. The van der Waals surface area contributed by atoms with E-state index in [0.717, 1.165) is 0 Å². The Morgan fingerprint density at radius 3 is 2.26 bits per heavy atom. The van der Waals surface area contributed by atoms with Crippen LogP contribution in [-0.4, -0.2) is 52.7 Å². The van der Waals surface area contributed by atoms with Crippen molar-refractivity contribution in [2.24, 2.45) is 0 Å². The summed E-state index contributed by atoms with van der Waals surface area (Å²) in [6.45, 7) is 7.77. The molecule has 0 aromatic heterocycles. The van der Waals surface area contributed by atoms with Crippen LogP contribution in [0.1, 0.15) is 53.4 Å². The number of likely N-dealkylation sites (tertiary alicyclic amines) is 1. The smallest absolute Gasteiger partial charge is 0.410 e. The topological polar surface area (TPSA) is 99.0 Å². The summed E-state index contributed by atoms with van der Waals surface area (Å²) in [4.78, 5) is 36.1. The van der Waals surface area contributed by atoms with Gasteiger partial charge in [-0.25, -0.2) is 4.79 Å². The molecule has 23 heavy (non-hydrogen) atoms. The number of carbonyl (C=O) groups excluding carboxylic acids is 2. The number of rotatable bonds is 5. The largest absolute Gasteiger partial charge is 0.466 e. The fraction of sp³-hybridized carbons (Fsp3) is 0.867. The molecule has 8 heteroatoms. The fourth-order valence-electron chi connectivity index (χ4n) is 2.52. The molecule has 1 amide bonds. The quantitative estimate of drug-likeness (QED) is 0.436. The van der Waals surface area contributed by atoms with Crippen LogP contribution in [0.4, 0.5) is 4.79 Å². The summed E-state index contributed by atoms with van der Waals surface area (Å²) in [5, 5.41) is 11.5. The third kappa shape index (κ3) is 5.69. The highest BCUT2D eigenvalue weighted by molar-refractivity contribution is 5.69. The van der Waals surface area contributed by atoms with Crippen LogP contribution in [0, 0.1) is 10.1 Å². The molecule has 0 unspecified atom stereocenters. The van der Waals surface area contributed by atoms with Crippen LogP contribution in [0.5, 0.6) is 0 Å². The van der Waals surface area contributed by atoms with Crippen LogP contribution in [0.3, 0.4) is 0 Å². The molecule has 8 nitrogen and oxygen atoms in total. The number of carbonyl (C=O) groups is 2. The van der Waals surface area contributed by atoms with E-state index in [0.29, 0.717) is 0 Å². The van der Waals surface area contributed by atoms with Gasteiger partial charge >= 0.3 is 12.1 Å². The van der Waals surface area contributed by atoms with Crippen LogP contribution < -0.4 is 0 Å². The highest BCUT2D eigenvalue weighted by atomic mass is 16.6. The SMILES string of the molecule is CCOC(=O)CCC1([N+](=O)[O-])CCN(C(=O)OC(C)(C)C)CC1. The first-order valence-corrected chi connectivity index (χ1v) is 7.88. The van der Waals surface area contributed by atoms with Crippen LogP contribution in [-0.2, 0) is 14.3 Å². The minimum atomic E-state index is -1.18. The Hall–Kier alpha value is -1.86. The Labute approximate surface area is 136 Å². The Balaban J connectivity index is 2.62. The molecule has 1 fully saturated rings. The zero-order valence-electron chi connectivity index (χ0n) is 14.3. The maximum absolute atomic E-state index is 12.0. The van der Waals surface area contributed by atoms with Gasteiger partial charge in [-0.15, -0.1) is 0 Å². The Morgan fingerprint density at radius 2 is 1.83 bits per heavy atom. The molecule has 0 bridgehead atoms. The molecule has 0 aliphatic carbocycles. The molecule has 0 saturated carbocycles. The van der Waals surface area contributed by atoms with Crippen LogP contribution in [0.25, 0.3) is 0 Å². The maximum Gasteiger partial charge on any atom is 0.410 e. The van der Waals surface area contributed by atoms with Crippen molar-refractivity contribution < 1.29 is 24.0 Å². The van der Waals surface area contributed by atoms with E-state index in [-0.39, 0.29) is 50.3 Å². The third-order valence-corrected chi connectivity index (χ3v) is 3.83. The lowest BCUT2D eigenvalue weighted by Crippen LogP contribution is -2.51. The van der Waals surface area contributed by atoms with E-state index in [1.165, 1.54) is 4.90 Å². The van der Waals surface area contributed by atoms with Crippen LogP contribution in [0.15, 0.2) is 0 Å². The fourth-order valence-corrected chi connectivity index (χ4v) is 2.52. The first-order chi connectivity index (χ1) is 10.6. The van der Waals surface area contributed by atoms with Gasteiger partial charge in [0.15, 0.2) is 0 Å². The molecule has 0 atom stereocenters. The minimum Gasteiger partial charge on any atom is -0.466 e. The van der Waals surface area contributed by atoms with Gasteiger partial charge in [-0.1, -0.05) is 0 Å². The molecule has 1 heterocycles. The van der Waals surface area contributed by atoms with Crippen molar-refractivity contribution in [1.82, 2.24) is 4.90 Å². The van der Waals surface area contributed by atoms with Crippen molar-refractivity contribution in [2.75, 3.05) is 19.7 Å². The molecule has 1 rings (SSSR count). The number of ether oxygens (including phenoxy) is 2. The summed E-state index contributed by atoms with van der Waals surface area (Å²) in [6, 6.07) is 0. The third-order valence-electron chi connectivity index (χ3n) is 3.83. The molecule has 0 N–H and O–H groups in total. The first kappa shape index (κ1) is 19.2. The second kappa shape index (κ2) is 7.61. The molecule has 0 aromatic carbocycles. The second-order valence-corrected chi connectivity index (χ2v) is 6.75. The van der Waals surface area contributed by atoms with Crippen molar-refractivity contribution in [2.45, 2.75) is 64.5 Å².